The number of carboxylic acid groups (broad SMARTS) is 2. The zero-order chi connectivity index (χ0) is 35.3. The fourth-order valence-corrected chi connectivity index (χ4v) is 4.93. The minimum Gasteiger partial charge on any atom is -0.481 e. The summed E-state index contributed by atoms with van der Waals surface area (Å²) in [5, 5.41) is 23.1. The van der Waals surface area contributed by atoms with E-state index in [1.165, 1.54) is 6.92 Å². The fourth-order valence-electron chi connectivity index (χ4n) is 3.96. The van der Waals surface area contributed by atoms with Crippen molar-refractivity contribution in [2.75, 3.05) is 0 Å². The molecule has 0 saturated heterocycles. The van der Waals surface area contributed by atoms with Crippen LogP contribution >= 0.6 is 15.2 Å². The van der Waals surface area contributed by atoms with Crippen molar-refractivity contribution in [3.8, 4) is 0 Å². The van der Waals surface area contributed by atoms with Gasteiger partial charge in [0.05, 0.1) is 0 Å². The van der Waals surface area contributed by atoms with Gasteiger partial charge in [-0.2, -0.15) is 17.6 Å². The Labute approximate surface area is 258 Å². The molecule has 0 saturated carbocycles. The number of halogens is 4. The van der Waals surface area contributed by atoms with Crippen LogP contribution in [0.15, 0.2) is 48.5 Å². The highest BCUT2D eigenvalue weighted by Crippen LogP contribution is 2.60. The number of alkyl halides is 4. The van der Waals surface area contributed by atoms with Gasteiger partial charge in [-0.15, -0.1) is 0 Å². The topological polar surface area (TPSA) is 248 Å². The summed E-state index contributed by atoms with van der Waals surface area (Å²) in [7, 11) is -11.8. The molecule has 0 aromatic heterocycles. The van der Waals surface area contributed by atoms with Gasteiger partial charge < -0.3 is 40.4 Å². The third kappa shape index (κ3) is 9.92. The summed E-state index contributed by atoms with van der Waals surface area (Å²) in [4.78, 5) is 84.5. The summed E-state index contributed by atoms with van der Waals surface area (Å²) in [5.74, 6) is -5.69. The number of carbonyl (C=O) groups is 4. The molecule has 2 unspecified atom stereocenters. The largest absolute Gasteiger partial charge is 0.481 e. The molecule has 2 aromatic rings. The lowest BCUT2D eigenvalue weighted by Crippen LogP contribution is -2.53. The molecule has 0 aliphatic rings. The van der Waals surface area contributed by atoms with E-state index in [2.05, 4.69) is 10.6 Å². The van der Waals surface area contributed by atoms with Crippen LogP contribution < -0.4 is 10.6 Å². The van der Waals surface area contributed by atoms with Crippen LogP contribution in [0.1, 0.15) is 42.0 Å². The van der Waals surface area contributed by atoms with Crippen LogP contribution in [0.3, 0.4) is 0 Å². The number of amides is 2. The molecule has 46 heavy (non-hydrogen) atoms. The Balaban J connectivity index is 2.32. The maximum atomic E-state index is 14.1. The van der Waals surface area contributed by atoms with Gasteiger partial charge >= 0.3 is 38.5 Å². The number of nitrogens with one attached hydrogen (secondary N) is 2. The summed E-state index contributed by atoms with van der Waals surface area (Å²) in [6, 6.07) is 3.26. The van der Waals surface area contributed by atoms with E-state index in [9.17, 15) is 51.0 Å². The zero-order valence-corrected chi connectivity index (χ0v) is 25.5. The molecule has 0 bridgehead atoms. The summed E-state index contributed by atoms with van der Waals surface area (Å²) in [6.07, 6.45) is -1.52. The van der Waals surface area contributed by atoms with Crippen LogP contribution in [0.25, 0.3) is 0 Å². The predicted molar refractivity (Wildman–Crippen MR) is 150 cm³/mol. The third-order valence-corrected chi connectivity index (χ3v) is 8.68. The van der Waals surface area contributed by atoms with Crippen molar-refractivity contribution in [2.24, 2.45) is 5.92 Å². The Morgan fingerprint density at radius 3 is 1.41 bits per heavy atom. The van der Waals surface area contributed by atoms with Crippen LogP contribution in [0.5, 0.6) is 0 Å². The molecule has 0 radical (unpaired) electrons. The quantitative estimate of drug-likeness (QED) is 0.0930. The molecular weight excluding hydrogens is 670 g/mol. The SMILES string of the molecule is C[C@@H](CCC(=O)O)C(=O)NC(Cc1ccc(C(F)(F)P(=O)(O)O)cc1)C(=O)NC(Cc1ccc(C(F)(F)P(=O)(O)O)cc1)C(=O)O. The van der Waals surface area contributed by atoms with Crippen LogP contribution in [0.2, 0.25) is 0 Å². The molecule has 8 N–H and O–H groups in total. The normalized spacial score (nSPS) is 14.5. The summed E-state index contributed by atoms with van der Waals surface area (Å²) in [6.45, 7) is 1.35. The number of carboxylic acids is 2. The van der Waals surface area contributed by atoms with Gasteiger partial charge in [-0.3, -0.25) is 23.5 Å². The number of aliphatic carboxylic acids is 2. The average molecular weight is 700 g/mol. The molecule has 2 aromatic carbocycles. The summed E-state index contributed by atoms with van der Waals surface area (Å²) >= 11 is 0. The monoisotopic (exact) mass is 700 g/mol. The molecule has 0 spiro atoms. The third-order valence-electron chi connectivity index (χ3n) is 6.70. The van der Waals surface area contributed by atoms with Crippen LogP contribution in [-0.4, -0.2) is 65.6 Å². The van der Waals surface area contributed by atoms with Crippen molar-refractivity contribution in [3.63, 3.8) is 0 Å². The highest BCUT2D eigenvalue weighted by molar-refractivity contribution is 7.52. The fraction of sp³-hybridized carbons (Fsp3) is 0.385. The Morgan fingerprint density at radius 2 is 1.07 bits per heavy atom. The van der Waals surface area contributed by atoms with Crippen molar-refractivity contribution in [1.82, 2.24) is 10.6 Å². The highest BCUT2D eigenvalue weighted by Gasteiger charge is 2.51. The number of rotatable bonds is 16. The number of hydrogen-bond donors (Lipinski definition) is 8. The van der Waals surface area contributed by atoms with E-state index in [1.54, 1.807) is 0 Å². The first kappa shape index (κ1) is 38.5. The number of carbonyl (C=O) groups excluding carboxylic acids is 2. The molecule has 3 atom stereocenters. The lowest BCUT2D eigenvalue weighted by atomic mass is 9.99. The van der Waals surface area contributed by atoms with Gasteiger partial charge in [-0.05, 0) is 17.5 Å². The second-order valence-electron chi connectivity index (χ2n) is 10.3. The van der Waals surface area contributed by atoms with Gasteiger partial charge in [-0.25, -0.2) is 4.79 Å². The minimum atomic E-state index is -5.89. The molecule has 0 aliphatic carbocycles. The van der Waals surface area contributed by atoms with Crippen molar-refractivity contribution in [3.05, 3.63) is 70.8 Å². The maximum Gasteiger partial charge on any atom is 0.399 e. The molecule has 0 fully saturated rings. The Kier molecular flexibility index (Phi) is 12.4. The first-order chi connectivity index (χ1) is 21.0. The van der Waals surface area contributed by atoms with Gasteiger partial charge in [0.25, 0.3) is 0 Å². The Morgan fingerprint density at radius 1 is 0.696 bits per heavy atom. The lowest BCUT2D eigenvalue weighted by Gasteiger charge is -2.24. The lowest BCUT2D eigenvalue weighted by molar-refractivity contribution is -0.142. The predicted octanol–water partition coefficient (Wildman–Crippen LogP) is 2.48. The second-order valence-corrected chi connectivity index (χ2v) is 13.6. The molecule has 2 rings (SSSR count). The Bertz CT molecular complexity index is 1530. The van der Waals surface area contributed by atoms with Crippen molar-refractivity contribution >= 4 is 38.9 Å². The van der Waals surface area contributed by atoms with E-state index < -0.39 is 98.7 Å². The van der Waals surface area contributed by atoms with Crippen LogP contribution in [0.4, 0.5) is 17.6 Å². The van der Waals surface area contributed by atoms with E-state index in [0.717, 1.165) is 24.3 Å². The summed E-state index contributed by atoms with van der Waals surface area (Å²) < 4.78 is 78.3. The first-order valence-corrected chi connectivity index (χ1v) is 16.3. The molecule has 20 heteroatoms. The van der Waals surface area contributed by atoms with E-state index in [0.29, 0.717) is 24.3 Å². The van der Waals surface area contributed by atoms with Gasteiger partial charge in [-0.1, -0.05) is 55.5 Å². The minimum absolute atomic E-state index is 0.0439. The maximum absolute atomic E-state index is 14.1. The molecule has 2 amide bonds. The molecule has 0 aliphatic heterocycles. The zero-order valence-electron chi connectivity index (χ0n) is 23.7. The molecule has 0 heterocycles. The summed E-state index contributed by atoms with van der Waals surface area (Å²) in [5.41, 5.74) is -11.0. The molecule has 254 valence electrons. The average Bonchev–Trinajstić information content (AvgIpc) is 2.94. The van der Waals surface area contributed by atoms with E-state index in [1.807, 2.05) is 0 Å². The van der Waals surface area contributed by atoms with E-state index >= 15 is 0 Å². The van der Waals surface area contributed by atoms with E-state index in [-0.39, 0.29) is 17.5 Å². The van der Waals surface area contributed by atoms with Crippen molar-refractivity contribution < 1.29 is 75.7 Å². The smallest absolute Gasteiger partial charge is 0.399 e. The van der Waals surface area contributed by atoms with Crippen LogP contribution in [0, 0.1) is 5.92 Å². The Hall–Kier alpha value is -3.66. The van der Waals surface area contributed by atoms with Gasteiger partial charge in [0.15, 0.2) is 0 Å². The van der Waals surface area contributed by atoms with Crippen molar-refractivity contribution in [1.29, 1.82) is 0 Å². The first-order valence-electron chi connectivity index (χ1n) is 13.1. The second kappa shape index (κ2) is 14.8. The van der Waals surface area contributed by atoms with Gasteiger partial charge in [0.1, 0.15) is 12.1 Å². The van der Waals surface area contributed by atoms with Crippen LogP contribution in [-0.2, 0) is 52.5 Å². The number of hydrogen-bond acceptors (Lipinski definition) is 6. The molecular formula is C26H30F4N2O12P2. The van der Waals surface area contributed by atoms with Crippen molar-refractivity contribution in [2.45, 2.75) is 56.0 Å². The standard InChI is InChI=1S/C26H30F4N2O12P2/c1-14(2-11-21(33)34)22(35)31-19(12-15-3-7-17(8-4-15)25(27,28)45(39,40)41)23(36)32-20(24(37)38)13-16-5-9-18(10-6-16)26(29,30)46(42,43)44/h3-10,14,19-20H,2,11-13H2,1H3,(H,31,35)(H,32,36)(H,33,34)(H,37,38)(H2,39,40,41)(H2,42,43,44)/t14-,19?,20?/m0/s1. The van der Waals surface area contributed by atoms with Gasteiger partial charge in [0, 0.05) is 36.3 Å². The van der Waals surface area contributed by atoms with Gasteiger partial charge in [0.2, 0.25) is 11.8 Å². The highest BCUT2D eigenvalue weighted by atomic mass is 31.2. The van der Waals surface area contributed by atoms with E-state index in [4.69, 9.17) is 24.7 Å². The number of benzene rings is 2. The molecule has 14 nitrogen and oxygen atoms in total.